The summed E-state index contributed by atoms with van der Waals surface area (Å²) in [5.74, 6) is 0. The van der Waals surface area contributed by atoms with Gasteiger partial charge in [0.2, 0.25) is 0 Å². The Morgan fingerprint density at radius 2 is 1.77 bits per heavy atom. The lowest BCUT2D eigenvalue weighted by Gasteiger charge is -2.12. The molecule has 0 saturated carbocycles. The quantitative estimate of drug-likeness (QED) is 0.160. The fourth-order valence-electron chi connectivity index (χ4n) is 4.95. The number of H-pyrrole nitrogens is 1. The molecule has 0 radical (unpaired) electrons. The number of rotatable bonds is 10. The number of hydrogen-bond acceptors (Lipinski definition) is 5. The Hall–Kier alpha value is -5.16. The molecular weight excluding hydrogens is 544 g/mol. The third-order valence-electron chi connectivity index (χ3n) is 6.98. The van der Waals surface area contributed by atoms with E-state index in [0.29, 0.717) is 25.2 Å². The van der Waals surface area contributed by atoms with Crippen molar-refractivity contribution in [2.24, 2.45) is 0 Å². The first kappa shape index (κ1) is 29.3. The van der Waals surface area contributed by atoms with Crippen LogP contribution in [0, 0.1) is 0 Å². The zero-order valence-electron chi connectivity index (χ0n) is 24.8. The van der Waals surface area contributed by atoms with Crippen LogP contribution >= 0.6 is 0 Å². The van der Waals surface area contributed by atoms with E-state index in [2.05, 4.69) is 69.9 Å². The number of aromatic amines is 1. The molecule has 222 valence electrons. The van der Waals surface area contributed by atoms with Crippen molar-refractivity contribution in [3.63, 3.8) is 0 Å². The van der Waals surface area contributed by atoms with Gasteiger partial charge in [-0.15, -0.1) is 0 Å². The van der Waals surface area contributed by atoms with Gasteiger partial charge in [-0.2, -0.15) is 5.10 Å². The summed E-state index contributed by atoms with van der Waals surface area (Å²) in [6.07, 6.45) is 3.33. The second kappa shape index (κ2) is 12.8. The van der Waals surface area contributed by atoms with Gasteiger partial charge in [0.05, 0.1) is 0 Å². The van der Waals surface area contributed by atoms with E-state index >= 15 is 0 Å². The van der Waals surface area contributed by atoms with Crippen LogP contribution in [-0.4, -0.2) is 81.5 Å². The Bertz CT molecular complexity index is 1740. The lowest BCUT2D eigenvalue weighted by Crippen LogP contribution is -2.27. The highest BCUT2D eigenvalue weighted by Crippen LogP contribution is 2.37. The van der Waals surface area contributed by atoms with Crippen LogP contribution < -0.4 is 10.6 Å². The predicted octanol–water partition coefficient (Wildman–Crippen LogP) is 5.57. The number of nitrogens with one attached hydrogen (secondary N) is 3. The first-order chi connectivity index (χ1) is 20.7. The number of hydrogen-bond donors (Lipinski definition) is 4. The monoisotopic (exact) mass is 580 g/mol. The van der Waals surface area contributed by atoms with Crippen LogP contribution in [0.3, 0.4) is 0 Å². The number of aryl methyl sites for hydroxylation is 1. The number of carbonyl (C=O) groups excluding carboxylic acids is 1. The topological polar surface area (TPSA) is 131 Å². The molecule has 0 aliphatic rings. The van der Waals surface area contributed by atoms with Crippen LogP contribution in [0.5, 0.6) is 0 Å². The lowest BCUT2D eigenvalue weighted by molar-refractivity contribution is 0.194. The highest BCUT2D eigenvalue weighted by Gasteiger charge is 2.18. The average molecular weight is 581 g/mol. The molecule has 2 aromatic carbocycles. The summed E-state index contributed by atoms with van der Waals surface area (Å²) in [7, 11) is 7.49. The molecule has 0 aliphatic carbocycles. The molecule has 43 heavy (non-hydrogen) atoms. The fraction of sp³-hybridized carbons (Fsp3) is 0.250. The van der Waals surface area contributed by atoms with E-state index < -0.39 is 6.09 Å². The van der Waals surface area contributed by atoms with E-state index in [9.17, 15) is 9.59 Å². The summed E-state index contributed by atoms with van der Waals surface area (Å²) in [5.41, 5.74) is 8.31. The predicted molar refractivity (Wildman–Crippen MR) is 169 cm³/mol. The minimum atomic E-state index is -1.04. The summed E-state index contributed by atoms with van der Waals surface area (Å²) >= 11 is 0. The van der Waals surface area contributed by atoms with Crippen molar-refractivity contribution < 1.29 is 14.7 Å². The van der Waals surface area contributed by atoms with E-state index in [0.717, 1.165) is 51.2 Å². The molecule has 0 fully saturated rings. The van der Waals surface area contributed by atoms with Gasteiger partial charge < -0.3 is 30.5 Å². The zero-order chi connectivity index (χ0) is 30.5. The number of nitrogens with zero attached hydrogens (tertiary/aromatic N) is 5. The van der Waals surface area contributed by atoms with Crippen molar-refractivity contribution >= 4 is 28.8 Å². The van der Waals surface area contributed by atoms with Gasteiger partial charge in [0.15, 0.2) is 0 Å². The molecule has 3 aromatic heterocycles. The maximum absolute atomic E-state index is 12.1. The molecule has 3 amide bonds. The van der Waals surface area contributed by atoms with Crippen LogP contribution in [0.4, 0.5) is 15.3 Å². The zero-order valence-corrected chi connectivity index (χ0v) is 24.8. The Morgan fingerprint density at radius 1 is 0.977 bits per heavy atom. The van der Waals surface area contributed by atoms with Gasteiger partial charge in [-0.05, 0) is 67.5 Å². The Morgan fingerprint density at radius 3 is 2.49 bits per heavy atom. The number of carbonyl (C=O) groups is 2. The molecule has 4 N–H and O–H groups in total. The molecule has 0 spiro atoms. The van der Waals surface area contributed by atoms with E-state index in [-0.39, 0.29) is 6.03 Å². The standard InChI is InChI=1S/C32H36N8O3/c1-38(2)19-21-7-5-8-23(17-21)28-18-26-25(13-15-33-30(26)36-28)27-20-40(16-6-14-34-32(42)43)37-29(27)22-9-11-24(12-10-22)35-31(41)39(3)4/h5,7-13,15,17-18,20,34H,6,14,16,19H2,1-4H3,(H,33,36)(H,35,41)(H,42,43). The van der Waals surface area contributed by atoms with E-state index in [4.69, 9.17) is 10.2 Å². The van der Waals surface area contributed by atoms with Crippen molar-refractivity contribution in [3.8, 4) is 33.6 Å². The summed E-state index contributed by atoms with van der Waals surface area (Å²) in [5, 5.41) is 20.1. The first-order valence-corrected chi connectivity index (χ1v) is 14.0. The number of benzene rings is 2. The number of pyridine rings is 1. The lowest BCUT2D eigenvalue weighted by atomic mass is 9.99. The number of urea groups is 1. The van der Waals surface area contributed by atoms with E-state index in [1.807, 2.05) is 41.2 Å². The minimum absolute atomic E-state index is 0.206. The molecule has 0 saturated heterocycles. The number of anilines is 1. The van der Waals surface area contributed by atoms with Crippen LogP contribution in [0.15, 0.2) is 73.1 Å². The summed E-state index contributed by atoms with van der Waals surface area (Å²) in [4.78, 5) is 34.8. The van der Waals surface area contributed by atoms with Crippen molar-refractivity contribution in [3.05, 3.63) is 78.6 Å². The smallest absolute Gasteiger partial charge is 0.404 e. The minimum Gasteiger partial charge on any atom is -0.465 e. The molecule has 5 rings (SSSR count). The molecule has 5 aromatic rings. The van der Waals surface area contributed by atoms with Gasteiger partial charge in [-0.3, -0.25) is 4.68 Å². The summed E-state index contributed by atoms with van der Waals surface area (Å²) < 4.78 is 1.85. The largest absolute Gasteiger partial charge is 0.465 e. The van der Waals surface area contributed by atoms with Crippen LogP contribution in [-0.2, 0) is 13.1 Å². The number of amides is 3. The summed E-state index contributed by atoms with van der Waals surface area (Å²) in [6.45, 7) is 1.71. The van der Waals surface area contributed by atoms with Gasteiger partial charge >= 0.3 is 12.1 Å². The third kappa shape index (κ3) is 7.02. The van der Waals surface area contributed by atoms with E-state index in [1.165, 1.54) is 10.5 Å². The maximum Gasteiger partial charge on any atom is 0.404 e. The van der Waals surface area contributed by atoms with Gasteiger partial charge in [0, 0.05) is 74.0 Å². The van der Waals surface area contributed by atoms with Crippen molar-refractivity contribution in [2.75, 3.05) is 40.1 Å². The van der Waals surface area contributed by atoms with Crippen LogP contribution in [0.2, 0.25) is 0 Å². The normalized spacial score (nSPS) is 11.2. The summed E-state index contributed by atoms with van der Waals surface area (Å²) in [6, 6.07) is 20.0. The molecule has 0 atom stereocenters. The first-order valence-electron chi connectivity index (χ1n) is 14.0. The maximum atomic E-state index is 12.1. The number of aromatic nitrogens is 4. The van der Waals surface area contributed by atoms with E-state index in [1.54, 1.807) is 20.3 Å². The van der Waals surface area contributed by atoms with Crippen LogP contribution in [0.25, 0.3) is 44.7 Å². The second-order valence-electron chi connectivity index (χ2n) is 10.9. The molecule has 0 aliphatic heterocycles. The average Bonchev–Trinajstić information content (AvgIpc) is 3.60. The second-order valence-corrected chi connectivity index (χ2v) is 10.9. The van der Waals surface area contributed by atoms with Crippen LogP contribution in [0.1, 0.15) is 12.0 Å². The van der Waals surface area contributed by atoms with Gasteiger partial charge in [0.25, 0.3) is 0 Å². The molecule has 11 nitrogen and oxygen atoms in total. The van der Waals surface area contributed by atoms with Gasteiger partial charge in [-0.1, -0.05) is 30.3 Å². The number of fused-ring (bicyclic) bond motifs is 1. The molecule has 0 bridgehead atoms. The third-order valence-corrected chi connectivity index (χ3v) is 6.98. The molecular formula is C32H36N8O3. The van der Waals surface area contributed by atoms with Gasteiger partial charge in [0.1, 0.15) is 11.3 Å². The molecule has 11 heteroatoms. The number of carboxylic acid groups (broad SMARTS) is 1. The Kier molecular flexibility index (Phi) is 8.72. The molecule has 0 unspecified atom stereocenters. The fourth-order valence-corrected chi connectivity index (χ4v) is 4.95. The highest BCUT2D eigenvalue weighted by atomic mass is 16.4. The van der Waals surface area contributed by atoms with Crippen molar-refractivity contribution in [1.82, 2.24) is 34.9 Å². The van der Waals surface area contributed by atoms with Crippen molar-refractivity contribution in [1.29, 1.82) is 0 Å². The molecule has 3 heterocycles. The Balaban J connectivity index is 1.53. The SMILES string of the molecule is CN(C)Cc1cccc(-c2cc3c(-c4cn(CCCNC(=O)O)nc4-c4ccc(NC(=O)N(C)C)cc4)ccnc3[nH]2)c1. The van der Waals surface area contributed by atoms with Crippen molar-refractivity contribution in [2.45, 2.75) is 19.5 Å². The van der Waals surface area contributed by atoms with Gasteiger partial charge in [-0.25, -0.2) is 14.6 Å². The highest BCUT2D eigenvalue weighted by molar-refractivity contribution is 5.99. The Labute approximate surface area is 250 Å².